The Bertz CT molecular complexity index is 20.4. The van der Waals surface area contributed by atoms with Crippen LogP contribution in [0, 0.1) is 0 Å². The average Bonchev–Trinajstić information content (AvgIpc) is 0.722. The zero-order chi connectivity index (χ0) is 4.50. The van der Waals surface area contributed by atoms with E-state index in [2.05, 4.69) is 0 Å². The first-order valence-electron chi connectivity index (χ1n) is 1.15. The minimum atomic E-state index is -2.75. The van der Waals surface area contributed by atoms with Gasteiger partial charge in [0.25, 0.3) is 0 Å². The molecule has 1 radical (unpaired) electrons. The summed E-state index contributed by atoms with van der Waals surface area (Å²) in [6, 6.07) is 0. The first-order chi connectivity index (χ1) is 2.00. The van der Waals surface area contributed by atoms with Crippen LogP contribution in [0.4, 0.5) is 0 Å². The second kappa shape index (κ2) is 0.931. The lowest BCUT2D eigenvalue weighted by Gasteiger charge is -1.97. The quantitative estimate of drug-likeness (QED) is 0.367. The van der Waals surface area contributed by atoms with Gasteiger partial charge in [0.15, 0.2) is 0 Å². The summed E-state index contributed by atoms with van der Waals surface area (Å²) in [5.74, 6) is -2.75. The fraction of sp³-hybridized carbons (Fsp3) is 1.00. The highest BCUT2D eigenvalue weighted by Gasteiger charge is 2.07. The van der Waals surface area contributed by atoms with Gasteiger partial charge >= 0.3 is 5.97 Å². The Morgan fingerprint density at radius 1 is 1.60 bits per heavy atom. The van der Waals surface area contributed by atoms with Crippen LogP contribution in [0.25, 0.3) is 0 Å². The average molecular weight is 77.1 g/mol. The molecule has 0 saturated heterocycles. The van der Waals surface area contributed by atoms with Gasteiger partial charge in [0.1, 0.15) is 0 Å². The van der Waals surface area contributed by atoms with E-state index in [-0.39, 0.29) is 0 Å². The SMILES string of the molecule is CC([O])(O)O. The summed E-state index contributed by atoms with van der Waals surface area (Å²) in [5, 5.41) is 24.3. The molecule has 5 heavy (non-hydrogen) atoms. The molecule has 31 valence electrons. The highest BCUT2D eigenvalue weighted by atomic mass is 16.7. The summed E-state index contributed by atoms with van der Waals surface area (Å²) in [4.78, 5) is 0. The molecular weight excluding hydrogens is 72.0 g/mol. The minimum absolute atomic E-state index is 0.743. The van der Waals surface area contributed by atoms with Crippen molar-refractivity contribution < 1.29 is 15.3 Å². The van der Waals surface area contributed by atoms with Crippen molar-refractivity contribution >= 4 is 0 Å². The van der Waals surface area contributed by atoms with Crippen LogP contribution in [0.3, 0.4) is 0 Å². The predicted octanol–water partition coefficient (Wildman–Crippen LogP) is -0.925. The molecule has 0 heterocycles. The van der Waals surface area contributed by atoms with E-state index in [1.807, 2.05) is 0 Å². The maximum absolute atomic E-state index is 9.22. The largest absolute Gasteiger partial charge is 0.342 e. The van der Waals surface area contributed by atoms with Gasteiger partial charge in [-0.1, -0.05) is 0 Å². The molecule has 0 rings (SSSR count). The van der Waals surface area contributed by atoms with Crippen LogP contribution in [0.15, 0.2) is 0 Å². The van der Waals surface area contributed by atoms with Crippen molar-refractivity contribution in [2.24, 2.45) is 0 Å². The van der Waals surface area contributed by atoms with Crippen molar-refractivity contribution in [3.8, 4) is 0 Å². The molecule has 0 spiro atoms. The van der Waals surface area contributed by atoms with Crippen molar-refractivity contribution in [3.63, 3.8) is 0 Å². The molecule has 0 aliphatic carbocycles. The van der Waals surface area contributed by atoms with Crippen molar-refractivity contribution in [2.75, 3.05) is 0 Å². The molecule has 0 aromatic rings. The van der Waals surface area contributed by atoms with E-state index in [0.29, 0.717) is 0 Å². The normalized spacial score (nSPS) is 12.0. The monoisotopic (exact) mass is 77.0 g/mol. The third-order valence-corrected chi connectivity index (χ3v) is 0. The van der Waals surface area contributed by atoms with Crippen molar-refractivity contribution in [1.82, 2.24) is 0 Å². The third kappa shape index (κ3) is 952. The Labute approximate surface area is 29.5 Å². The predicted molar refractivity (Wildman–Crippen MR) is 13.5 cm³/mol. The Morgan fingerprint density at radius 3 is 1.60 bits per heavy atom. The van der Waals surface area contributed by atoms with E-state index in [4.69, 9.17) is 10.2 Å². The molecule has 0 atom stereocenters. The van der Waals surface area contributed by atoms with Crippen LogP contribution >= 0.6 is 0 Å². The van der Waals surface area contributed by atoms with Crippen molar-refractivity contribution in [1.29, 1.82) is 0 Å². The zero-order valence-electron chi connectivity index (χ0n) is 2.80. The maximum Gasteiger partial charge on any atom is 0.304 e. The number of rotatable bonds is 0. The van der Waals surface area contributed by atoms with Crippen LogP contribution in [-0.4, -0.2) is 16.2 Å². The van der Waals surface area contributed by atoms with Gasteiger partial charge in [-0.3, -0.25) is 0 Å². The molecule has 2 N–H and O–H groups in total. The van der Waals surface area contributed by atoms with E-state index in [9.17, 15) is 5.11 Å². The molecule has 0 unspecified atom stereocenters. The molecule has 0 bridgehead atoms. The second-order valence-electron chi connectivity index (χ2n) is 0.934. The van der Waals surface area contributed by atoms with Gasteiger partial charge < -0.3 is 10.2 Å². The summed E-state index contributed by atoms with van der Waals surface area (Å²) in [6.45, 7) is 0.743. The van der Waals surface area contributed by atoms with Gasteiger partial charge in [-0.2, -0.15) is 5.11 Å². The van der Waals surface area contributed by atoms with Crippen molar-refractivity contribution in [2.45, 2.75) is 12.9 Å². The molecule has 0 aromatic heterocycles. The van der Waals surface area contributed by atoms with Gasteiger partial charge in [0.2, 0.25) is 0 Å². The number of hydrogen-bond acceptors (Lipinski definition) is 2. The minimum Gasteiger partial charge on any atom is -0.342 e. The Hall–Kier alpha value is -0.120. The lowest BCUT2D eigenvalue weighted by Crippen LogP contribution is -2.18. The Kier molecular flexibility index (Phi) is 0.908. The van der Waals surface area contributed by atoms with E-state index < -0.39 is 5.97 Å². The summed E-state index contributed by atoms with van der Waals surface area (Å²) >= 11 is 0. The lowest BCUT2D eigenvalue weighted by molar-refractivity contribution is -0.331. The van der Waals surface area contributed by atoms with Gasteiger partial charge in [-0.05, 0) is 0 Å². The topological polar surface area (TPSA) is 60.4 Å². The van der Waals surface area contributed by atoms with Gasteiger partial charge in [-0.15, -0.1) is 0 Å². The molecule has 0 saturated carbocycles. The highest BCUT2D eigenvalue weighted by Crippen LogP contribution is 1.84. The van der Waals surface area contributed by atoms with Crippen LogP contribution in [0.5, 0.6) is 0 Å². The fourth-order valence-corrected chi connectivity index (χ4v) is 0. The van der Waals surface area contributed by atoms with E-state index in [0.717, 1.165) is 6.92 Å². The van der Waals surface area contributed by atoms with Gasteiger partial charge in [0, 0.05) is 6.92 Å². The van der Waals surface area contributed by atoms with E-state index in [1.54, 1.807) is 0 Å². The number of aliphatic hydroxyl groups is 2. The standard InChI is InChI=1S/C2H5O3/c1-2(3,4)5/h3-4H,1H3. The molecule has 3 nitrogen and oxygen atoms in total. The fourth-order valence-electron chi connectivity index (χ4n) is 0. The molecule has 3 heteroatoms. The van der Waals surface area contributed by atoms with Crippen molar-refractivity contribution in [3.05, 3.63) is 0 Å². The summed E-state index contributed by atoms with van der Waals surface area (Å²) in [7, 11) is 0. The second-order valence-corrected chi connectivity index (χ2v) is 0.934. The zero-order valence-corrected chi connectivity index (χ0v) is 2.80. The molecule has 0 aliphatic heterocycles. The van der Waals surface area contributed by atoms with E-state index >= 15 is 0 Å². The summed E-state index contributed by atoms with van der Waals surface area (Å²) < 4.78 is 0. The van der Waals surface area contributed by atoms with Crippen LogP contribution in [0.1, 0.15) is 6.92 Å². The van der Waals surface area contributed by atoms with Crippen LogP contribution in [0.2, 0.25) is 0 Å². The molecular formula is C2H5O3. The van der Waals surface area contributed by atoms with Crippen LogP contribution < -0.4 is 0 Å². The molecule has 0 aromatic carbocycles. The first kappa shape index (κ1) is 4.88. The first-order valence-corrected chi connectivity index (χ1v) is 1.15. The van der Waals surface area contributed by atoms with Crippen LogP contribution in [-0.2, 0) is 5.11 Å². The maximum atomic E-state index is 9.22. The van der Waals surface area contributed by atoms with Gasteiger partial charge in [-0.25, -0.2) is 0 Å². The Balaban J connectivity index is 3.02. The highest BCUT2D eigenvalue weighted by molar-refractivity contribution is 4.20. The smallest absolute Gasteiger partial charge is 0.304 e. The number of hydrogen-bond donors (Lipinski definition) is 2. The summed E-state index contributed by atoms with van der Waals surface area (Å²) in [5.41, 5.74) is 0. The molecule has 0 amide bonds. The van der Waals surface area contributed by atoms with E-state index in [1.165, 1.54) is 0 Å². The molecule has 0 fully saturated rings. The summed E-state index contributed by atoms with van der Waals surface area (Å²) in [6.07, 6.45) is 0. The molecule has 0 aliphatic rings. The third-order valence-electron chi connectivity index (χ3n) is 0. The van der Waals surface area contributed by atoms with Gasteiger partial charge in [0.05, 0.1) is 0 Å². The lowest BCUT2D eigenvalue weighted by atomic mass is 10.7. The Morgan fingerprint density at radius 2 is 1.60 bits per heavy atom.